The SMILES string of the molecule is N#CC=Cc1ccc(C=O)cc1Cl. The molecule has 1 rings (SSSR count). The van der Waals surface area contributed by atoms with E-state index in [9.17, 15) is 4.79 Å². The molecule has 0 unspecified atom stereocenters. The van der Waals surface area contributed by atoms with Crippen molar-refractivity contribution in [2.24, 2.45) is 0 Å². The van der Waals surface area contributed by atoms with Gasteiger partial charge in [-0.2, -0.15) is 5.26 Å². The lowest BCUT2D eigenvalue weighted by molar-refractivity contribution is 0.112. The van der Waals surface area contributed by atoms with Crippen LogP contribution in [0.1, 0.15) is 15.9 Å². The monoisotopic (exact) mass is 191 g/mol. The number of hydrogen-bond acceptors (Lipinski definition) is 2. The van der Waals surface area contributed by atoms with Crippen molar-refractivity contribution in [3.63, 3.8) is 0 Å². The van der Waals surface area contributed by atoms with Gasteiger partial charge in [-0.05, 0) is 17.7 Å². The molecule has 0 radical (unpaired) electrons. The van der Waals surface area contributed by atoms with Crippen LogP contribution < -0.4 is 0 Å². The van der Waals surface area contributed by atoms with Crippen LogP contribution in [-0.2, 0) is 0 Å². The third-order valence-corrected chi connectivity index (χ3v) is 1.83. The maximum Gasteiger partial charge on any atom is 0.150 e. The molecule has 0 saturated carbocycles. The third-order valence-electron chi connectivity index (χ3n) is 1.50. The maximum atomic E-state index is 10.4. The highest BCUT2D eigenvalue weighted by Crippen LogP contribution is 2.18. The number of allylic oxidation sites excluding steroid dienone is 1. The van der Waals surface area contributed by atoms with Crippen molar-refractivity contribution in [2.45, 2.75) is 0 Å². The largest absolute Gasteiger partial charge is 0.298 e. The Morgan fingerprint density at radius 1 is 1.46 bits per heavy atom. The zero-order valence-corrected chi connectivity index (χ0v) is 7.45. The van der Waals surface area contributed by atoms with Gasteiger partial charge in [0.1, 0.15) is 6.29 Å². The highest BCUT2D eigenvalue weighted by Gasteiger charge is 1.97. The van der Waals surface area contributed by atoms with Crippen LogP contribution in [0.15, 0.2) is 24.3 Å². The molecule has 0 heterocycles. The van der Waals surface area contributed by atoms with E-state index in [1.807, 2.05) is 6.07 Å². The third kappa shape index (κ3) is 2.43. The average molecular weight is 192 g/mol. The minimum absolute atomic E-state index is 0.469. The van der Waals surface area contributed by atoms with E-state index in [4.69, 9.17) is 16.9 Å². The lowest BCUT2D eigenvalue weighted by Gasteiger charge is -1.97. The molecule has 0 N–H and O–H groups in total. The van der Waals surface area contributed by atoms with E-state index in [0.29, 0.717) is 10.6 Å². The van der Waals surface area contributed by atoms with Crippen LogP contribution in [0.25, 0.3) is 6.08 Å². The molecule has 1 aromatic carbocycles. The van der Waals surface area contributed by atoms with Crippen LogP contribution >= 0.6 is 11.6 Å². The fourth-order valence-corrected chi connectivity index (χ4v) is 1.13. The summed E-state index contributed by atoms with van der Waals surface area (Å²) in [5.41, 5.74) is 1.26. The van der Waals surface area contributed by atoms with Gasteiger partial charge in [-0.25, -0.2) is 0 Å². The first-order chi connectivity index (χ1) is 6.27. The molecule has 0 fully saturated rings. The fraction of sp³-hybridized carbons (Fsp3) is 0. The number of carbonyl (C=O) groups is 1. The van der Waals surface area contributed by atoms with Crippen molar-refractivity contribution in [2.75, 3.05) is 0 Å². The number of nitrogens with zero attached hydrogens (tertiary/aromatic N) is 1. The summed E-state index contributed by atoms with van der Waals surface area (Å²) in [6, 6.07) is 6.77. The average Bonchev–Trinajstić information content (AvgIpc) is 2.16. The molecule has 0 bridgehead atoms. The first kappa shape index (κ1) is 9.50. The summed E-state index contributed by atoms with van der Waals surface area (Å²) in [4.78, 5) is 10.4. The zero-order chi connectivity index (χ0) is 9.68. The highest BCUT2D eigenvalue weighted by molar-refractivity contribution is 6.32. The molecule has 1 aromatic rings. The molecule has 0 saturated heterocycles. The molecule has 13 heavy (non-hydrogen) atoms. The molecule has 64 valence electrons. The number of halogens is 1. The second kappa shape index (κ2) is 4.44. The molecule has 3 heteroatoms. The van der Waals surface area contributed by atoms with Crippen molar-refractivity contribution in [3.05, 3.63) is 40.4 Å². The Hall–Kier alpha value is -1.59. The smallest absolute Gasteiger partial charge is 0.150 e. The molecule has 0 amide bonds. The molecule has 0 aliphatic heterocycles. The lowest BCUT2D eigenvalue weighted by atomic mass is 10.1. The van der Waals surface area contributed by atoms with Crippen molar-refractivity contribution in [1.29, 1.82) is 5.26 Å². The Balaban J connectivity index is 3.06. The van der Waals surface area contributed by atoms with Crippen LogP contribution in [0.4, 0.5) is 0 Å². The molecule has 0 aromatic heterocycles. The standard InChI is InChI=1S/C10H6ClNO/c11-10-6-8(7-13)3-4-9(10)2-1-5-12/h1-4,6-7H. The summed E-state index contributed by atoms with van der Waals surface area (Å²) in [5, 5.41) is 8.75. The molecular formula is C10H6ClNO. The number of nitriles is 1. The Morgan fingerprint density at radius 2 is 2.23 bits per heavy atom. The predicted molar refractivity (Wildman–Crippen MR) is 51.5 cm³/mol. The first-order valence-corrected chi connectivity index (χ1v) is 3.96. The van der Waals surface area contributed by atoms with Gasteiger partial charge in [0.2, 0.25) is 0 Å². The van der Waals surface area contributed by atoms with Crippen LogP contribution in [0, 0.1) is 11.3 Å². The second-order valence-electron chi connectivity index (χ2n) is 2.36. The zero-order valence-electron chi connectivity index (χ0n) is 6.70. The van der Waals surface area contributed by atoms with Gasteiger partial charge < -0.3 is 0 Å². The second-order valence-corrected chi connectivity index (χ2v) is 2.77. The molecule has 2 nitrogen and oxygen atoms in total. The predicted octanol–water partition coefficient (Wildman–Crippen LogP) is 2.69. The van der Waals surface area contributed by atoms with Gasteiger partial charge in [0.05, 0.1) is 6.07 Å². The maximum absolute atomic E-state index is 10.4. The lowest BCUT2D eigenvalue weighted by Crippen LogP contribution is -1.81. The van der Waals surface area contributed by atoms with Crippen molar-refractivity contribution >= 4 is 24.0 Å². The van der Waals surface area contributed by atoms with Crippen molar-refractivity contribution in [1.82, 2.24) is 0 Å². The van der Waals surface area contributed by atoms with Crippen LogP contribution in [-0.4, -0.2) is 6.29 Å². The van der Waals surface area contributed by atoms with Gasteiger partial charge in [0.15, 0.2) is 0 Å². The molecule has 0 aliphatic rings. The van der Waals surface area contributed by atoms with Crippen LogP contribution in [0.5, 0.6) is 0 Å². The Bertz CT molecular complexity index is 390. The van der Waals surface area contributed by atoms with Gasteiger partial charge in [-0.15, -0.1) is 0 Å². The summed E-state index contributed by atoms with van der Waals surface area (Å²) in [6.45, 7) is 0. The number of aldehydes is 1. The van der Waals surface area contributed by atoms with E-state index in [2.05, 4.69) is 0 Å². The number of benzene rings is 1. The van der Waals surface area contributed by atoms with Gasteiger partial charge in [-0.3, -0.25) is 4.79 Å². The number of hydrogen-bond donors (Lipinski definition) is 0. The topological polar surface area (TPSA) is 40.9 Å². The normalized spacial score (nSPS) is 9.85. The Labute approximate surface area is 81.1 Å². The minimum Gasteiger partial charge on any atom is -0.298 e. The van der Waals surface area contributed by atoms with Crippen molar-refractivity contribution < 1.29 is 4.79 Å². The van der Waals surface area contributed by atoms with Gasteiger partial charge in [0, 0.05) is 16.7 Å². The van der Waals surface area contributed by atoms with Crippen molar-refractivity contribution in [3.8, 4) is 6.07 Å². The van der Waals surface area contributed by atoms with E-state index in [1.54, 1.807) is 24.3 Å². The van der Waals surface area contributed by atoms with E-state index in [-0.39, 0.29) is 0 Å². The summed E-state index contributed by atoms with van der Waals surface area (Å²) >= 11 is 5.82. The summed E-state index contributed by atoms with van der Waals surface area (Å²) in [5.74, 6) is 0. The van der Waals surface area contributed by atoms with E-state index in [1.165, 1.54) is 6.08 Å². The quantitative estimate of drug-likeness (QED) is 0.533. The molecular weight excluding hydrogens is 186 g/mol. The molecule has 0 aliphatic carbocycles. The fourth-order valence-electron chi connectivity index (χ4n) is 0.879. The number of carbonyl (C=O) groups excluding carboxylic acids is 1. The highest BCUT2D eigenvalue weighted by atomic mass is 35.5. The van der Waals surface area contributed by atoms with Gasteiger partial charge in [0.25, 0.3) is 0 Å². The number of rotatable bonds is 2. The Kier molecular flexibility index (Phi) is 3.24. The van der Waals surface area contributed by atoms with E-state index < -0.39 is 0 Å². The van der Waals surface area contributed by atoms with Gasteiger partial charge in [-0.1, -0.05) is 23.7 Å². The molecule has 0 atom stereocenters. The summed E-state index contributed by atoms with van der Waals surface area (Å²) in [7, 11) is 0. The summed E-state index contributed by atoms with van der Waals surface area (Å²) in [6.07, 6.45) is 3.66. The minimum atomic E-state index is 0.469. The summed E-state index contributed by atoms with van der Waals surface area (Å²) < 4.78 is 0. The van der Waals surface area contributed by atoms with E-state index in [0.717, 1.165) is 11.8 Å². The van der Waals surface area contributed by atoms with Crippen LogP contribution in [0.2, 0.25) is 5.02 Å². The van der Waals surface area contributed by atoms with Gasteiger partial charge >= 0.3 is 0 Å². The first-order valence-electron chi connectivity index (χ1n) is 3.59. The van der Waals surface area contributed by atoms with Crippen LogP contribution in [0.3, 0.4) is 0 Å². The molecule has 0 spiro atoms. The van der Waals surface area contributed by atoms with E-state index >= 15 is 0 Å². The Morgan fingerprint density at radius 3 is 2.77 bits per heavy atom.